The van der Waals surface area contributed by atoms with Crippen LogP contribution in [0.1, 0.15) is 52.4 Å². The van der Waals surface area contributed by atoms with Gasteiger partial charge in [0.05, 0.1) is 13.0 Å². The van der Waals surface area contributed by atoms with E-state index in [2.05, 4.69) is 6.58 Å². The van der Waals surface area contributed by atoms with Crippen LogP contribution in [-0.4, -0.2) is 34.7 Å². The van der Waals surface area contributed by atoms with Gasteiger partial charge in [0, 0.05) is 5.57 Å². The Morgan fingerprint density at radius 1 is 1.10 bits per heavy atom. The minimum absolute atomic E-state index is 0.0485. The third-order valence-corrected chi connectivity index (χ3v) is 3.41. The number of carboxylic acid groups (broad SMARTS) is 2. The van der Waals surface area contributed by atoms with E-state index in [-0.39, 0.29) is 13.0 Å². The number of carbonyl (C=O) groups excluding carboxylic acids is 1. The number of carboxylic acids is 2. The maximum atomic E-state index is 11.8. The lowest BCUT2D eigenvalue weighted by Gasteiger charge is -2.28. The first-order valence-corrected chi connectivity index (χ1v) is 7.13. The standard InChI is InChI=1S/C15H24O6/c1-4-6-8-15(14(19)20,11(3)13(17)18)10-12(16)21-9-7-5-2/h3-10H2,1-2H3,(H,17,18)(H,19,20). The fraction of sp³-hybridized carbons (Fsp3) is 0.667. The van der Waals surface area contributed by atoms with Crippen LogP contribution in [0.3, 0.4) is 0 Å². The molecule has 0 aliphatic heterocycles. The van der Waals surface area contributed by atoms with Gasteiger partial charge in [0.2, 0.25) is 0 Å². The van der Waals surface area contributed by atoms with Gasteiger partial charge in [0.25, 0.3) is 0 Å². The largest absolute Gasteiger partial charge is 0.481 e. The molecule has 0 aromatic carbocycles. The molecule has 0 aromatic heterocycles. The molecule has 0 radical (unpaired) electrons. The van der Waals surface area contributed by atoms with Gasteiger partial charge in [-0.2, -0.15) is 0 Å². The van der Waals surface area contributed by atoms with E-state index in [1.807, 2.05) is 13.8 Å². The molecule has 0 fully saturated rings. The van der Waals surface area contributed by atoms with Crippen molar-refractivity contribution in [3.8, 4) is 0 Å². The Balaban J connectivity index is 5.17. The molecule has 21 heavy (non-hydrogen) atoms. The summed E-state index contributed by atoms with van der Waals surface area (Å²) in [5, 5.41) is 18.5. The Bertz CT molecular complexity index is 401. The van der Waals surface area contributed by atoms with Crippen LogP contribution in [0.5, 0.6) is 0 Å². The molecule has 120 valence electrons. The van der Waals surface area contributed by atoms with Crippen LogP contribution in [0.15, 0.2) is 12.2 Å². The number of hydrogen-bond donors (Lipinski definition) is 2. The Kier molecular flexibility index (Phi) is 8.35. The van der Waals surface area contributed by atoms with Crippen molar-refractivity contribution in [3.63, 3.8) is 0 Å². The predicted molar refractivity (Wildman–Crippen MR) is 76.9 cm³/mol. The van der Waals surface area contributed by atoms with Crippen LogP contribution in [0.4, 0.5) is 0 Å². The summed E-state index contributed by atoms with van der Waals surface area (Å²) < 4.78 is 4.96. The van der Waals surface area contributed by atoms with Gasteiger partial charge < -0.3 is 14.9 Å². The molecule has 0 saturated carbocycles. The molecule has 0 rings (SSSR count). The number of ether oxygens (including phenoxy) is 1. The van der Waals surface area contributed by atoms with E-state index in [0.29, 0.717) is 19.3 Å². The van der Waals surface area contributed by atoms with Gasteiger partial charge in [0.1, 0.15) is 5.41 Å². The van der Waals surface area contributed by atoms with Crippen molar-refractivity contribution in [1.82, 2.24) is 0 Å². The van der Waals surface area contributed by atoms with Gasteiger partial charge in [-0.1, -0.05) is 39.7 Å². The zero-order chi connectivity index (χ0) is 16.5. The van der Waals surface area contributed by atoms with E-state index < -0.39 is 35.3 Å². The van der Waals surface area contributed by atoms with Crippen molar-refractivity contribution in [2.75, 3.05) is 6.61 Å². The lowest BCUT2D eigenvalue weighted by molar-refractivity contribution is -0.158. The van der Waals surface area contributed by atoms with Crippen LogP contribution < -0.4 is 0 Å². The molecule has 0 spiro atoms. The van der Waals surface area contributed by atoms with Crippen LogP contribution >= 0.6 is 0 Å². The molecule has 1 atom stereocenters. The van der Waals surface area contributed by atoms with E-state index in [9.17, 15) is 19.5 Å². The third-order valence-electron chi connectivity index (χ3n) is 3.41. The molecular weight excluding hydrogens is 276 g/mol. The molecule has 0 bridgehead atoms. The molecule has 0 aliphatic rings. The highest BCUT2D eigenvalue weighted by Gasteiger charge is 2.46. The second kappa shape index (κ2) is 9.15. The molecule has 0 aromatic rings. The number of esters is 1. The lowest BCUT2D eigenvalue weighted by atomic mass is 9.73. The number of hydrogen-bond acceptors (Lipinski definition) is 4. The first kappa shape index (κ1) is 19.1. The zero-order valence-electron chi connectivity index (χ0n) is 12.7. The van der Waals surface area contributed by atoms with Gasteiger partial charge >= 0.3 is 17.9 Å². The molecule has 1 unspecified atom stereocenters. The Morgan fingerprint density at radius 3 is 2.10 bits per heavy atom. The van der Waals surface area contributed by atoms with E-state index >= 15 is 0 Å². The van der Waals surface area contributed by atoms with Gasteiger partial charge in [0.15, 0.2) is 0 Å². The molecular formula is C15H24O6. The lowest BCUT2D eigenvalue weighted by Crippen LogP contribution is -2.38. The average Bonchev–Trinajstić information content (AvgIpc) is 2.42. The normalized spacial score (nSPS) is 13.2. The minimum Gasteiger partial charge on any atom is -0.481 e. The highest BCUT2D eigenvalue weighted by Crippen LogP contribution is 2.37. The van der Waals surface area contributed by atoms with Gasteiger partial charge in [-0.3, -0.25) is 9.59 Å². The maximum Gasteiger partial charge on any atom is 0.332 e. The average molecular weight is 300 g/mol. The molecule has 0 heterocycles. The second-order valence-electron chi connectivity index (χ2n) is 5.03. The fourth-order valence-corrected chi connectivity index (χ4v) is 1.97. The zero-order valence-corrected chi connectivity index (χ0v) is 12.7. The van der Waals surface area contributed by atoms with Crippen molar-refractivity contribution in [2.45, 2.75) is 52.4 Å². The highest BCUT2D eigenvalue weighted by molar-refractivity contribution is 5.98. The summed E-state index contributed by atoms with van der Waals surface area (Å²) in [6.45, 7) is 7.36. The second-order valence-corrected chi connectivity index (χ2v) is 5.03. The maximum absolute atomic E-state index is 11.8. The highest BCUT2D eigenvalue weighted by atomic mass is 16.5. The van der Waals surface area contributed by atoms with E-state index in [1.165, 1.54) is 0 Å². The molecule has 6 heteroatoms. The molecule has 0 saturated heterocycles. The number of aliphatic carboxylic acids is 2. The summed E-state index contributed by atoms with van der Waals surface area (Å²) in [6.07, 6.45) is 2.24. The predicted octanol–water partition coefficient (Wildman–Crippen LogP) is 2.62. The van der Waals surface area contributed by atoms with Gasteiger partial charge in [-0.15, -0.1) is 0 Å². The molecule has 0 aliphatic carbocycles. The Hall–Kier alpha value is -1.85. The van der Waals surface area contributed by atoms with E-state index in [0.717, 1.165) is 6.42 Å². The van der Waals surface area contributed by atoms with Crippen LogP contribution in [0, 0.1) is 5.41 Å². The van der Waals surface area contributed by atoms with Gasteiger partial charge in [-0.25, -0.2) is 4.79 Å². The molecule has 0 amide bonds. The quantitative estimate of drug-likeness (QED) is 0.345. The topological polar surface area (TPSA) is 101 Å². The summed E-state index contributed by atoms with van der Waals surface area (Å²) in [4.78, 5) is 34.6. The monoisotopic (exact) mass is 300 g/mol. The first-order valence-electron chi connectivity index (χ1n) is 7.13. The molecule has 2 N–H and O–H groups in total. The van der Waals surface area contributed by atoms with Crippen molar-refractivity contribution in [2.24, 2.45) is 5.41 Å². The summed E-state index contributed by atoms with van der Waals surface area (Å²) in [5.74, 6) is -3.46. The third kappa shape index (κ3) is 5.57. The Morgan fingerprint density at radius 2 is 1.67 bits per heavy atom. The Labute approximate surface area is 124 Å². The van der Waals surface area contributed by atoms with Crippen molar-refractivity contribution in [3.05, 3.63) is 12.2 Å². The summed E-state index contributed by atoms with van der Waals surface area (Å²) >= 11 is 0. The molecule has 6 nitrogen and oxygen atoms in total. The van der Waals surface area contributed by atoms with E-state index in [4.69, 9.17) is 9.84 Å². The van der Waals surface area contributed by atoms with Gasteiger partial charge in [-0.05, 0) is 12.8 Å². The number of rotatable bonds is 11. The summed E-state index contributed by atoms with van der Waals surface area (Å²) in [5.41, 5.74) is -2.28. The van der Waals surface area contributed by atoms with Crippen LogP contribution in [-0.2, 0) is 19.1 Å². The first-order chi connectivity index (χ1) is 9.81. The van der Waals surface area contributed by atoms with E-state index in [1.54, 1.807) is 0 Å². The SMILES string of the molecule is C=C(C(=O)O)C(CCCC)(CC(=O)OCCCC)C(=O)O. The van der Waals surface area contributed by atoms with Crippen molar-refractivity contribution < 1.29 is 29.3 Å². The fourth-order valence-electron chi connectivity index (χ4n) is 1.97. The smallest absolute Gasteiger partial charge is 0.332 e. The van der Waals surface area contributed by atoms with Crippen molar-refractivity contribution >= 4 is 17.9 Å². The summed E-state index contributed by atoms with van der Waals surface area (Å²) in [7, 11) is 0. The summed E-state index contributed by atoms with van der Waals surface area (Å²) in [6, 6.07) is 0. The van der Waals surface area contributed by atoms with Crippen LogP contribution in [0.25, 0.3) is 0 Å². The number of unbranched alkanes of at least 4 members (excludes halogenated alkanes) is 2. The van der Waals surface area contributed by atoms with Crippen molar-refractivity contribution in [1.29, 1.82) is 0 Å². The van der Waals surface area contributed by atoms with Crippen LogP contribution in [0.2, 0.25) is 0 Å². The minimum atomic E-state index is -1.80. The number of carbonyl (C=O) groups is 3.